The minimum atomic E-state index is -0.721. The van der Waals surface area contributed by atoms with Gasteiger partial charge in [-0.1, -0.05) is 45.3 Å². The van der Waals surface area contributed by atoms with Crippen LogP contribution in [0.1, 0.15) is 96.1 Å². The molecule has 0 unspecified atom stereocenters. The maximum atomic E-state index is 10.2. The van der Waals surface area contributed by atoms with Crippen LogP contribution in [0.4, 0.5) is 0 Å². The van der Waals surface area contributed by atoms with Crippen LogP contribution in [-0.4, -0.2) is 24.4 Å². The molecule has 2 atom stereocenters. The highest BCUT2D eigenvalue weighted by atomic mass is 16.9. The highest BCUT2D eigenvalue weighted by molar-refractivity contribution is 5.54. The van der Waals surface area contributed by atoms with Crippen molar-refractivity contribution in [2.45, 2.75) is 96.0 Å². The zero-order valence-corrected chi connectivity index (χ0v) is 20.4. The summed E-state index contributed by atoms with van der Waals surface area (Å²) in [6.07, 6.45) is 7.95. The van der Waals surface area contributed by atoms with E-state index in [-0.39, 0.29) is 17.6 Å². The fourth-order valence-corrected chi connectivity index (χ4v) is 5.53. The van der Waals surface area contributed by atoms with Gasteiger partial charge in [0.25, 0.3) is 5.09 Å². The third-order valence-electron chi connectivity index (χ3n) is 7.44. The average molecular weight is 446 g/mol. The molecular formula is C26H39NO5. The van der Waals surface area contributed by atoms with Crippen LogP contribution in [0.3, 0.4) is 0 Å². The van der Waals surface area contributed by atoms with Crippen LogP contribution in [-0.2, 0) is 10.3 Å². The van der Waals surface area contributed by atoms with Crippen molar-refractivity contribution in [1.82, 2.24) is 0 Å². The molecule has 0 aromatic heterocycles. The first-order valence-electron chi connectivity index (χ1n) is 11.9. The molecule has 1 aliphatic carbocycles. The molecule has 1 saturated carbocycles. The van der Waals surface area contributed by atoms with Gasteiger partial charge >= 0.3 is 0 Å². The molecule has 0 N–H and O–H groups in total. The van der Waals surface area contributed by atoms with Crippen LogP contribution in [0.15, 0.2) is 24.3 Å². The molecule has 1 fully saturated rings. The van der Waals surface area contributed by atoms with Gasteiger partial charge in [0.15, 0.2) is 0 Å². The molecule has 1 aromatic carbocycles. The lowest BCUT2D eigenvalue weighted by atomic mass is 9.65. The van der Waals surface area contributed by atoms with Gasteiger partial charge in [0.2, 0.25) is 0 Å². The fourth-order valence-electron chi connectivity index (χ4n) is 5.53. The number of hydrogen-bond donors (Lipinski definition) is 0. The predicted octanol–water partition coefficient (Wildman–Crippen LogP) is 6.74. The van der Waals surface area contributed by atoms with E-state index in [2.05, 4.69) is 51.2 Å². The highest BCUT2D eigenvalue weighted by Gasteiger charge is 2.47. The van der Waals surface area contributed by atoms with E-state index in [1.807, 2.05) is 0 Å². The van der Waals surface area contributed by atoms with E-state index >= 15 is 0 Å². The molecule has 1 heterocycles. The van der Waals surface area contributed by atoms with E-state index in [9.17, 15) is 10.1 Å². The summed E-state index contributed by atoms with van der Waals surface area (Å²) in [6, 6.07) is 4.44. The average Bonchev–Trinajstić information content (AvgIpc) is 2.71. The first kappa shape index (κ1) is 24.4. The molecule has 0 radical (unpaired) electrons. The fraction of sp³-hybridized carbons (Fsp3) is 0.692. The summed E-state index contributed by atoms with van der Waals surface area (Å²) < 4.78 is 12.5. The van der Waals surface area contributed by atoms with Gasteiger partial charge in [-0.25, -0.2) is 0 Å². The summed E-state index contributed by atoms with van der Waals surface area (Å²) >= 11 is 0. The van der Waals surface area contributed by atoms with Crippen LogP contribution in [0.2, 0.25) is 0 Å². The largest absolute Gasteiger partial charge is 0.496 e. The second kappa shape index (κ2) is 9.72. The minimum Gasteiger partial charge on any atom is -0.496 e. The Morgan fingerprint density at radius 1 is 1.25 bits per heavy atom. The lowest BCUT2D eigenvalue weighted by Crippen LogP contribution is -2.46. The number of methoxy groups -OCH3 is 1. The quantitative estimate of drug-likeness (QED) is 0.173. The molecule has 0 spiro atoms. The molecular weight excluding hydrogens is 406 g/mol. The van der Waals surface area contributed by atoms with Gasteiger partial charge in [-0.3, -0.25) is 0 Å². The Balaban J connectivity index is 1.75. The van der Waals surface area contributed by atoms with Crippen molar-refractivity contribution < 1.29 is 19.4 Å². The molecule has 3 rings (SSSR count). The zero-order chi connectivity index (χ0) is 23.5. The van der Waals surface area contributed by atoms with Gasteiger partial charge in [-0.2, -0.15) is 0 Å². The Morgan fingerprint density at radius 3 is 2.66 bits per heavy atom. The maximum absolute atomic E-state index is 10.2. The maximum Gasteiger partial charge on any atom is 0.294 e. The van der Waals surface area contributed by atoms with Crippen molar-refractivity contribution in [3.05, 3.63) is 45.5 Å². The van der Waals surface area contributed by atoms with Gasteiger partial charge in [-0.05, 0) is 69.1 Å². The summed E-state index contributed by atoms with van der Waals surface area (Å²) in [6.45, 7) is 13.4. The number of nitrogens with zero attached hydrogens (tertiary/aromatic N) is 1. The standard InChI is InChI=1S/C26H39NO5/c1-18-11-12-21-20(15-18)24-22(30-6)16-19(17-23(24)32-26(21,4)5)25(2,3)13-9-7-8-10-14-31-27(28)29/h16-17,20-21H,1,7-15H2,2-6H3/t20-,21-/m1/s1. The summed E-state index contributed by atoms with van der Waals surface area (Å²) in [5.74, 6) is 2.75. The Morgan fingerprint density at radius 2 is 1.97 bits per heavy atom. The van der Waals surface area contributed by atoms with Crippen LogP contribution in [0, 0.1) is 16.0 Å². The lowest BCUT2D eigenvalue weighted by Gasteiger charge is -2.48. The monoisotopic (exact) mass is 445 g/mol. The van der Waals surface area contributed by atoms with Crippen LogP contribution in [0.25, 0.3) is 0 Å². The lowest BCUT2D eigenvalue weighted by molar-refractivity contribution is -0.757. The van der Waals surface area contributed by atoms with Crippen molar-refractivity contribution >= 4 is 0 Å². The molecule has 1 aliphatic heterocycles. The van der Waals surface area contributed by atoms with Crippen molar-refractivity contribution in [3.63, 3.8) is 0 Å². The van der Waals surface area contributed by atoms with Gasteiger partial charge in [0, 0.05) is 17.4 Å². The summed E-state index contributed by atoms with van der Waals surface area (Å²) in [5.41, 5.74) is 3.53. The van der Waals surface area contributed by atoms with E-state index < -0.39 is 5.09 Å². The molecule has 6 heteroatoms. The third-order valence-corrected chi connectivity index (χ3v) is 7.44. The van der Waals surface area contributed by atoms with Crippen molar-refractivity contribution in [2.75, 3.05) is 13.7 Å². The smallest absolute Gasteiger partial charge is 0.294 e. The van der Waals surface area contributed by atoms with Crippen LogP contribution in [0.5, 0.6) is 11.5 Å². The van der Waals surface area contributed by atoms with E-state index in [4.69, 9.17) is 9.47 Å². The van der Waals surface area contributed by atoms with Crippen molar-refractivity contribution in [3.8, 4) is 11.5 Å². The van der Waals surface area contributed by atoms with E-state index in [0.29, 0.717) is 18.3 Å². The number of benzene rings is 1. The van der Waals surface area contributed by atoms with E-state index in [1.54, 1.807) is 7.11 Å². The number of hydrogen-bond acceptors (Lipinski definition) is 5. The minimum absolute atomic E-state index is 0.0276. The predicted molar refractivity (Wildman–Crippen MR) is 126 cm³/mol. The van der Waals surface area contributed by atoms with Gasteiger partial charge < -0.3 is 14.3 Å². The topological polar surface area (TPSA) is 70.8 Å². The van der Waals surface area contributed by atoms with E-state index in [1.165, 1.54) is 16.7 Å². The van der Waals surface area contributed by atoms with Crippen LogP contribution >= 0.6 is 0 Å². The highest BCUT2D eigenvalue weighted by Crippen LogP contribution is 2.56. The number of unbranched alkanes of at least 4 members (excludes halogenated alkanes) is 3. The summed E-state index contributed by atoms with van der Waals surface area (Å²) in [5, 5.41) is 9.50. The second-order valence-corrected chi connectivity index (χ2v) is 10.6. The molecule has 0 bridgehead atoms. The Bertz CT molecular complexity index is 845. The molecule has 178 valence electrons. The first-order chi connectivity index (χ1) is 15.0. The summed E-state index contributed by atoms with van der Waals surface area (Å²) in [7, 11) is 1.76. The number of ether oxygens (including phenoxy) is 2. The number of rotatable bonds is 10. The molecule has 0 saturated heterocycles. The Hall–Kier alpha value is -2.24. The zero-order valence-electron chi connectivity index (χ0n) is 20.4. The molecule has 2 aliphatic rings. The Kier molecular flexibility index (Phi) is 7.41. The van der Waals surface area contributed by atoms with Gasteiger partial charge in [0.1, 0.15) is 17.1 Å². The van der Waals surface area contributed by atoms with Crippen LogP contribution < -0.4 is 9.47 Å². The SMILES string of the molecule is C=C1CC[C@@H]2[C@@H](C1)c1c(OC)cc(C(C)(C)CCCCCCO[N+](=O)[O-])cc1OC2(C)C. The normalized spacial score (nSPS) is 21.8. The number of fused-ring (bicyclic) bond motifs is 3. The Labute approximate surface area is 192 Å². The number of allylic oxidation sites excluding steroid dienone is 1. The molecule has 1 aromatic rings. The van der Waals surface area contributed by atoms with Gasteiger partial charge in [0.05, 0.1) is 13.7 Å². The molecule has 0 amide bonds. The molecule has 6 nitrogen and oxygen atoms in total. The van der Waals surface area contributed by atoms with Crippen molar-refractivity contribution in [2.24, 2.45) is 5.92 Å². The second-order valence-electron chi connectivity index (χ2n) is 10.6. The molecule has 32 heavy (non-hydrogen) atoms. The van der Waals surface area contributed by atoms with E-state index in [0.717, 1.165) is 56.4 Å². The third kappa shape index (κ3) is 5.38. The first-order valence-corrected chi connectivity index (χ1v) is 11.9. The van der Waals surface area contributed by atoms with Crippen molar-refractivity contribution in [1.29, 1.82) is 0 Å². The summed E-state index contributed by atoms with van der Waals surface area (Å²) in [4.78, 5) is 14.6. The van der Waals surface area contributed by atoms with Gasteiger partial charge in [-0.15, -0.1) is 10.1 Å².